The largest absolute Gasteiger partial charge is 0.357 e. The lowest BCUT2D eigenvalue weighted by molar-refractivity contribution is 0.174. The van der Waals surface area contributed by atoms with Gasteiger partial charge in [0.15, 0.2) is 5.96 Å². The van der Waals surface area contributed by atoms with Gasteiger partial charge in [0, 0.05) is 59.6 Å². The van der Waals surface area contributed by atoms with Crippen molar-refractivity contribution in [2.45, 2.75) is 78.6 Å². The van der Waals surface area contributed by atoms with E-state index in [1.807, 2.05) is 20.8 Å². The zero-order valence-electron chi connectivity index (χ0n) is 17.1. The van der Waals surface area contributed by atoms with Gasteiger partial charge in [0.1, 0.15) is 0 Å². The minimum atomic E-state index is -0.834. The van der Waals surface area contributed by atoms with Gasteiger partial charge in [0.2, 0.25) is 0 Å². The summed E-state index contributed by atoms with van der Waals surface area (Å²) in [6.07, 6.45) is 1.04. The Morgan fingerprint density at radius 3 is 2.17 bits per heavy atom. The molecule has 2 N–H and O–H groups in total. The fourth-order valence-electron chi connectivity index (χ4n) is 2.47. The molecule has 0 aromatic heterocycles. The van der Waals surface area contributed by atoms with Crippen molar-refractivity contribution in [3.05, 3.63) is 0 Å². The van der Waals surface area contributed by atoms with E-state index in [-0.39, 0.29) is 4.75 Å². The van der Waals surface area contributed by atoms with E-state index in [0.717, 1.165) is 32.0 Å². The summed E-state index contributed by atoms with van der Waals surface area (Å²) >= 11 is 0. The van der Waals surface area contributed by atoms with Crippen LogP contribution in [0.1, 0.15) is 61.8 Å². The van der Waals surface area contributed by atoms with E-state index >= 15 is 0 Å². The molecule has 0 fully saturated rings. The van der Waals surface area contributed by atoms with E-state index < -0.39 is 10.8 Å². The van der Waals surface area contributed by atoms with Crippen LogP contribution in [0.25, 0.3) is 0 Å². The molecule has 0 aliphatic rings. The molecule has 0 aliphatic heterocycles. The lowest BCUT2D eigenvalue weighted by Crippen LogP contribution is -2.41. The van der Waals surface area contributed by atoms with Gasteiger partial charge in [-0.25, -0.2) is 0 Å². The second-order valence-corrected chi connectivity index (χ2v) is 9.95. The Bertz CT molecular complexity index is 381. The van der Waals surface area contributed by atoms with Gasteiger partial charge >= 0.3 is 0 Å². The highest BCUT2D eigenvalue weighted by Crippen LogP contribution is 2.10. The smallest absolute Gasteiger partial charge is 0.191 e. The quantitative estimate of drug-likeness (QED) is 0.357. The molecule has 0 heterocycles. The summed E-state index contributed by atoms with van der Waals surface area (Å²) in [5.41, 5.74) is 0. The molecule has 0 saturated carbocycles. The van der Waals surface area contributed by atoms with Gasteiger partial charge in [-0.2, -0.15) is 0 Å². The van der Waals surface area contributed by atoms with Gasteiger partial charge < -0.3 is 10.6 Å². The van der Waals surface area contributed by atoms with Crippen LogP contribution in [-0.4, -0.2) is 63.8 Å². The van der Waals surface area contributed by atoms with Crippen LogP contribution < -0.4 is 10.6 Å². The van der Waals surface area contributed by atoms with Crippen molar-refractivity contribution in [2.75, 3.05) is 31.9 Å². The first-order valence-corrected chi connectivity index (χ1v) is 10.6. The van der Waals surface area contributed by atoms with E-state index in [0.29, 0.717) is 24.4 Å². The van der Waals surface area contributed by atoms with Crippen molar-refractivity contribution < 1.29 is 4.21 Å². The molecule has 1 atom stereocenters. The maximum absolute atomic E-state index is 12.1. The van der Waals surface area contributed by atoms with Crippen LogP contribution in [0.5, 0.6) is 0 Å². The molecule has 1 unspecified atom stereocenters. The standard InChI is InChI=1S/C18H40N4OS/c1-9-19-17(21-12-14-24(23)18(6,7)8)20-11-10-13-22(15(2)3)16(4)5/h15-16H,9-14H2,1-8H3,(H2,19,20,21). The minimum Gasteiger partial charge on any atom is -0.357 e. The topological polar surface area (TPSA) is 56.7 Å². The summed E-state index contributed by atoms with van der Waals surface area (Å²) in [5.74, 6) is 1.46. The lowest BCUT2D eigenvalue weighted by Gasteiger charge is -2.30. The average molecular weight is 361 g/mol. The first-order chi connectivity index (χ1) is 11.1. The lowest BCUT2D eigenvalue weighted by atomic mass is 10.2. The Kier molecular flexibility index (Phi) is 11.5. The highest BCUT2D eigenvalue weighted by molar-refractivity contribution is 7.86. The number of guanidine groups is 1. The molecule has 0 amide bonds. The highest BCUT2D eigenvalue weighted by atomic mass is 32.2. The van der Waals surface area contributed by atoms with Gasteiger partial charge in [0.05, 0.1) is 0 Å². The second kappa shape index (κ2) is 11.9. The first-order valence-electron chi connectivity index (χ1n) is 9.26. The summed E-state index contributed by atoms with van der Waals surface area (Å²) in [4.78, 5) is 7.12. The predicted octanol–water partition coefficient (Wildman–Crippen LogP) is 2.60. The Balaban J connectivity index is 4.30. The molecule has 0 bridgehead atoms. The van der Waals surface area contributed by atoms with Crippen LogP contribution in [0.4, 0.5) is 0 Å². The second-order valence-electron chi connectivity index (χ2n) is 7.63. The van der Waals surface area contributed by atoms with Gasteiger partial charge in [0.25, 0.3) is 0 Å². The zero-order chi connectivity index (χ0) is 18.8. The van der Waals surface area contributed by atoms with Gasteiger partial charge in [-0.3, -0.25) is 14.1 Å². The predicted molar refractivity (Wildman–Crippen MR) is 108 cm³/mol. The molecule has 0 spiro atoms. The number of hydrogen-bond donors (Lipinski definition) is 2. The molecule has 24 heavy (non-hydrogen) atoms. The SMILES string of the molecule is CCNC(=NCCCN(C(C)C)C(C)C)NCCS(=O)C(C)(C)C. The van der Waals surface area contributed by atoms with Crippen LogP contribution in [0.3, 0.4) is 0 Å². The third-order valence-electron chi connectivity index (χ3n) is 3.78. The Hall–Kier alpha value is -0.620. The molecule has 5 nitrogen and oxygen atoms in total. The van der Waals surface area contributed by atoms with Gasteiger partial charge in [-0.1, -0.05) is 0 Å². The molecular weight excluding hydrogens is 320 g/mol. The number of nitrogens with zero attached hydrogens (tertiary/aromatic N) is 2. The van der Waals surface area contributed by atoms with E-state index in [9.17, 15) is 4.21 Å². The summed E-state index contributed by atoms with van der Waals surface area (Å²) in [6, 6.07) is 1.13. The van der Waals surface area contributed by atoms with Crippen molar-refractivity contribution in [1.82, 2.24) is 15.5 Å². The molecule has 0 saturated heterocycles. The molecule has 144 valence electrons. The molecule has 0 aromatic carbocycles. The maximum atomic E-state index is 12.1. The Morgan fingerprint density at radius 2 is 1.71 bits per heavy atom. The minimum absolute atomic E-state index is 0.158. The third kappa shape index (κ3) is 10.3. The number of hydrogen-bond acceptors (Lipinski definition) is 3. The van der Waals surface area contributed by atoms with Crippen LogP contribution in [0, 0.1) is 0 Å². The van der Waals surface area contributed by atoms with Crippen molar-refractivity contribution in [1.29, 1.82) is 0 Å². The average Bonchev–Trinajstić information content (AvgIpc) is 2.44. The molecule has 0 aromatic rings. The van der Waals surface area contributed by atoms with Crippen LogP contribution in [0.15, 0.2) is 4.99 Å². The Morgan fingerprint density at radius 1 is 1.12 bits per heavy atom. The summed E-state index contributed by atoms with van der Waals surface area (Å²) in [7, 11) is -0.834. The van der Waals surface area contributed by atoms with Crippen molar-refractivity contribution in [3.63, 3.8) is 0 Å². The molecular formula is C18H40N4OS. The number of rotatable bonds is 10. The van der Waals surface area contributed by atoms with Crippen LogP contribution in [0.2, 0.25) is 0 Å². The van der Waals surface area contributed by atoms with Gasteiger partial charge in [-0.15, -0.1) is 0 Å². The fourth-order valence-corrected chi connectivity index (χ4v) is 3.37. The summed E-state index contributed by atoms with van der Waals surface area (Å²) < 4.78 is 11.9. The van der Waals surface area contributed by atoms with E-state index in [1.165, 1.54) is 0 Å². The van der Waals surface area contributed by atoms with E-state index in [1.54, 1.807) is 0 Å². The number of nitrogens with one attached hydrogen (secondary N) is 2. The summed E-state index contributed by atoms with van der Waals surface area (Å²) in [5, 5.41) is 6.54. The van der Waals surface area contributed by atoms with Crippen molar-refractivity contribution in [2.24, 2.45) is 4.99 Å². The maximum Gasteiger partial charge on any atom is 0.191 e. The first kappa shape index (κ1) is 23.4. The molecule has 6 heteroatoms. The fraction of sp³-hybridized carbons (Fsp3) is 0.944. The van der Waals surface area contributed by atoms with Gasteiger partial charge in [-0.05, 0) is 61.8 Å². The molecule has 0 aliphatic carbocycles. The highest BCUT2D eigenvalue weighted by Gasteiger charge is 2.18. The van der Waals surface area contributed by atoms with Crippen LogP contribution in [-0.2, 0) is 10.8 Å². The van der Waals surface area contributed by atoms with Crippen molar-refractivity contribution >= 4 is 16.8 Å². The third-order valence-corrected chi connectivity index (χ3v) is 5.72. The van der Waals surface area contributed by atoms with E-state index in [2.05, 4.69) is 55.1 Å². The Labute approximate surface area is 152 Å². The van der Waals surface area contributed by atoms with Crippen LogP contribution >= 0.6 is 0 Å². The monoisotopic (exact) mass is 360 g/mol. The van der Waals surface area contributed by atoms with Crippen molar-refractivity contribution in [3.8, 4) is 0 Å². The molecule has 0 rings (SSSR count). The normalized spacial score (nSPS) is 14.5. The number of aliphatic imine (C=N–C) groups is 1. The zero-order valence-corrected chi connectivity index (χ0v) is 17.9. The van der Waals surface area contributed by atoms with E-state index in [4.69, 9.17) is 0 Å². The molecule has 0 radical (unpaired) electrons. The summed E-state index contributed by atoms with van der Waals surface area (Å²) in [6.45, 7) is 20.4.